The smallest absolute Gasteiger partial charge is 0.416 e. The number of amides is 1. The number of carbonyl (C=O) groups excluding carboxylic acids is 2. The first-order valence-corrected chi connectivity index (χ1v) is 12.9. The van der Waals surface area contributed by atoms with E-state index in [1.54, 1.807) is 24.8 Å². The van der Waals surface area contributed by atoms with Crippen molar-refractivity contribution in [2.45, 2.75) is 82.9 Å². The van der Waals surface area contributed by atoms with Crippen LogP contribution in [0.5, 0.6) is 0 Å². The van der Waals surface area contributed by atoms with E-state index in [4.69, 9.17) is 4.74 Å². The number of hydrogen-bond donors (Lipinski definition) is 2. The molecule has 198 valence electrons. The number of ether oxygens (including phenoxy) is 1. The molecule has 1 fully saturated rings. The Kier molecular flexibility index (Phi) is 9.54. The Hall–Kier alpha value is -2.43. The summed E-state index contributed by atoms with van der Waals surface area (Å²) in [5.74, 6) is -0.518. The number of aryl methyl sites for hydroxylation is 1. The van der Waals surface area contributed by atoms with Crippen LogP contribution in [-0.2, 0) is 28.5 Å². The third-order valence-corrected chi connectivity index (χ3v) is 7.22. The molecule has 1 aromatic heterocycles. The maximum atomic E-state index is 12.9. The van der Waals surface area contributed by atoms with Crippen molar-refractivity contribution in [1.29, 1.82) is 0 Å². The number of aliphatic hydroxyl groups is 2. The molecule has 36 heavy (non-hydrogen) atoms. The largest absolute Gasteiger partial charge is 0.459 e. The van der Waals surface area contributed by atoms with Gasteiger partial charge in [0.15, 0.2) is 0 Å². The lowest BCUT2D eigenvalue weighted by Gasteiger charge is -2.27. The minimum atomic E-state index is -4.45. The Balaban J connectivity index is 1.50. The van der Waals surface area contributed by atoms with Gasteiger partial charge in [0.2, 0.25) is 5.91 Å². The van der Waals surface area contributed by atoms with Crippen molar-refractivity contribution in [1.82, 2.24) is 4.90 Å². The van der Waals surface area contributed by atoms with E-state index in [2.05, 4.69) is 0 Å². The van der Waals surface area contributed by atoms with Gasteiger partial charge in [-0.15, -0.1) is 11.3 Å². The van der Waals surface area contributed by atoms with Crippen molar-refractivity contribution in [2.24, 2.45) is 0 Å². The lowest BCUT2D eigenvalue weighted by atomic mass is 9.98. The molecule has 2 heterocycles. The number of hydrogen-bond acceptors (Lipinski definition) is 6. The van der Waals surface area contributed by atoms with Gasteiger partial charge in [-0.05, 0) is 69.7 Å². The fourth-order valence-electron chi connectivity index (χ4n) is 4.39. The summed E-state index contributed by atoms with van der Waals surface area (Å²) in [6.45, 7) is 4.00. The van der Waals surface area contributed by atoms with E-state index >= 15 is 0 Å². The molecule has 1 amide bonds. The Morgan fingerprint density at radius 1 is 1.25 bits per heavy atom. The summed E-state index contributed by atoms with van der Waals surface area (Å²) >= 11 is 1.35. The van der Waals surface area contributed by atoms with Crippen molar-refractivity contribution in [3.05, 3.63) is 57.3 Å². The highest BCUT2D eigenvalue weighted by Gasteiger charge is 2.38. The maximum Gasteiger partial charge on any atom is 0.416 e. The molecule has 10 heteroatoms. The fourth-order valence-corrected chi connectivity index (χ4v) is 5.33. The molecule has 3 unspecified atom stereocenters. The van der Waals surface area contributed by atoms with E-state index in [0.29, 0.717) is 36.2 Å². The van der Waals surface area contributed by atoms with E-state index in [9.17, 15) is 33.0 Å². The lowest BCUT2D eigenvalue weighted by molar-refractivity contribution is -0.137. The van der Waals surface area contributed by atoms with Crippen molar-refractivity contribution < 1.29 is 37.7 Å². The van der Waals surface area contributed by atoms with Gasteiger partial charge >= 0.3 is 12.1 Å². The quantitative estimate of drug-likeness (QED) is 0.417. The summed E-state index contributed by atoms with van der Waals surface area (Å²) in [7, 11) is 0. The highest BCUT2D eigenvalue weighted by molar-refractivity contribution is 7.13. The van der Waals surface area contributed by atoms with Gasteiger partial charge < -0.3 is 19.8 Å². The van der Waals surface area contributed by atoms with Gasteiger partial charge in [0.1, 0.15) is 4.88 Å². The van der Waals surface area contributed by atoms with Gasteiger partial charge in [0.05, 0.1) is 36.3 Å². The fraction of sp³-hybridized carbons (Fsp3) is 0.538. The van der Waals surface area contributed by atoms with Gasteiger partial charge in [-0.2, -0.15) is 13.2 Å². The number of aliphatic hydroxyl groups excluding tert-OH is 2. The first-order chi connectivity index (χ1) is 16.9. The lowest BCUT2D eigenvalue weighted by Crippen LogP contribution is -2.38. The summed E-state index contributed by atoms with van der Waals surface area (Å²) < 4.78 is 44.0. The molecule has 6 nitrogen and oxygen atoms in total. The van der Waals surface area contributed by atoms with Gasteiger partial charge in [0, 0.05) is 11.4 Å². The van der Waals surface area contributed by atoms with E-state index in [1.807, 2.05) is 6.07 Å². The number of carbonyl (C=O) groups is 2. The summed E-state index contributed by atoms with van der Waals surface area (Å²) in [6, 6.07) is 8.01. The number of nitrogens with zero attached hydrogens (tertiary/aromatic N) is 1. The molecular formula is C26H32F3NO5S. The minimum Gasteiger partial charge on any atom is -0.459 e. The highest BCUT2D eigenvalue weighted by atomic mass is 32.1. The van der Waals surface area contributed by atoms with E-state index in [1.165, 1.54) is 23.5 Å². The average Bonchev–Trinajstić information content (AvgIpc) is 3.36. The summed E-state index contributed by atoms with van der Waals surface area (Å²) in [4.78, 5) is 27.6. The average molecular weight is 528 g/mol. The molecule has 1 aromatic carbocycles. The number of rotatable bonds is 11. The van der Waals surface area contributed by atoms with Crippen LogP contribution in [0.1, 0.15) is 65.2 Å². The number of likely N-dealkylation sites (tertiary alicyclic amines) is 1. The predicted octanol–water partition coefficient (Wildman–Crippen LogP) is 4.61. The molecule has 0 spiro atoms. The molecule has 0 bridgehead atoms. The second kappa shape index (κ2) is 12.2. The molecule has 2 aromatic rings. The Morgan fingerprint density at radius 2 is 2.00 bits per heavy atom. The molecule has 0 radical (unpaired) electrons. The third-order valence-electron chi connectivity index (χ3n) is 6.10. The first kappa shape index (κ1) is 28.1. The SMILES string of the molecule is CC(C)OC(=O)c1ccc(CCCN2C(=O)CC(O)C2CCC(O)Cc2cccc(C(F)(F)F)c2)s1. The molecule has 1 aliphatic rings. The zero-order valence-corrected chi connectivity index (χ0v) is 21.1. The summed E-state index contributed by atoms with van der Waals surface area (Å²) in [5, 5.41) is 20.8. The second-order valence-electron chi connectivity index (χ2n) is 9.38. The van der Waals surface area contributed by atoms with Crippen LogP contribution in [0.25, 0.3) is 0 Å². The van der Waals surface area contributed by atoms with Crippen molar-refractivity contribution >= 4 is 23.2 Å². The number of thiophene rings is 1. The van der Waals surface area contributed by atoms with Crippen LogP contribution in [0.4, 0.5) is 13.2 Å². The number of benzene rings is 1. The number of alkyl halides is 3. The van der Waals surface area contributed by atoms with Crippen LogP contribution in [0.15, 0.2) is 36.4 Å². The van der Waals surface area contributed by atoms with Crippen molar-refractivity contribution in [3.63, 3.8) is 0 Å². The van der Waals surface area contributed by atoms with Crippen molar-refractivity contribution in [2.75, 3.05) is 6.54 Å². The van der Waals surface area contributed by atoms with Gasteiger partial charge in [0.25, 0.3) is 0 Å². The summed E-state index contributed by atoms with van der Waals surface area (Å²) in [5.41, 5.74) is -0.380. The predicted molar refractivity (Wildman–Crippen MR) is 130 cm³/mol. The van der Waals surface area contributed by atoms with Crippen LogP contribution in [0.2, 0.25) is 0 Å². The highest BCUT2D eigenvalue weighted by Crippen LogP contribution is 2.30. The molecule has 0 saturated carbocycles. The zero-order chi connectivity index (χ0) is 26.5. The van der Waals surface area contributed by atoms with Crippen molar-refractivity contribution in [3.8, 4) is 0 Å². The molecule has 2 N–H and O–H groups in total. The number of esters is 1. The van der Waals surface area contributed by atoms with Crippen LogP contribution < -0.4 is 0 Å². The maximum absolute atomic E-state index is 12.9. The zero-order valence-electron chi connectivity index (χ0n) is 20.3. The molecular weight excluding hydrogens is 495 g/mol. The first-order valence-electron chi connectivity index (χ1n) is 12.1. The Morgan fingerprint density at radius 3 is 2.69 bits per heavy atom. The standard InChI is InChI=1S/C26H32F3NO5S/c1-16(2)35-25(34)23-11-9-20(36-23)7-4-12-30-21(22(32)15-24(30)33)10-8-19(31)14-17-5-3-6-18(13-17)26(27,28)29/h3,5-6,9,11,13,16,19,21-22,31-32H,4,7-8,10,12,14-15H2,1-2H3. The van der Waals surface area contributed by atoms with Gasteiger partial charge in [-0.1, -0.05) is 18.2 Å². The Labute approximate surface area is 212 Å². The van der Waals surface area contributed by atoms with Crippen LogP contribution in [-0.4, -0.2) is 57.9 Å². The molecule has 0 aliphatic carbocycles. The summed E-state index contributed by atoms with van der Waals surface area (Å²) in [6.07, 6.45) is -4.44. The molecule has 1 aliphatic heterocycles. The van der Waals surface area contributed by atoms with E-state index in [0.717, 1.165) is 17.0 Å². The molecule has 1 saturated heterocycles. The van der Waals surface area contributed by atoms with E-state index < -0.39 is 30.0 Å². The van der Waals surface area contributed by atoms with Crippen LogP contribution >= 0.6 is 11.3 Å². The van der Waals surface area contributed by atoms with Crippen LogP contribution in [0, 0.1) is 0 Å². The van der Waals surface area contributed by atoms with Gasteiger partial charge in [-0.25, -0.2) is 4.79 Å². The van der Waals surface area contributed by atoms with E-state index in [-0.39, 0.29) is 37.2 Å². The second-order valence-corrected chi connectivity index (χ2v) is 10.6. The normalized spacial score (nSPS) is 19.2. The monoisotopic (exact) mass is 527 g/mol. The third kappa shape index (κ3) is 7.78. The molecule has 3 atom stereocenters. The minimum absolute atomic E-state index is 0.0125. The van der Waals surface area contributed by atoms with Gasteiger partial charge in [-0.3, -0.25) is 4.79 Å². The number of halogens is 3. The Bertz CT molecular complexity index is 1040. The topological polar surface area (TPSA) is 87.1 Å². The van der Waals surface area contributed by atoms with Crippen LogP contribution in [0.3, 0.4) is 0 Å². The molecule has 3 rings (SSSR count).